The summed E-state index contributed by atoms with van der Waals surface area (Å²) in [6.07, 6.45) is -5.03. The van der Waals surface area contributed by atoms with Crippen molar-refractivity contribution in [2.45, 2.75) is 13.1 Å². The van der Waals surface area contributed by atoms with E-state index < -0.39 is 52.8 Å². The number of likely N-dealkylation sites (tertiary alicyclic amines) is 1. The second kappa shape index (κ2) is 6.63. The van der Waals surface area contributed by atoms with E-state index in [9.17, 15) is 27.2 Å². The van der Waals surface area contributed by atoms with E-state index in [-0.39, 0.29) is 17.8 Å². The van der Waals surface area contributed by atoms with Crippen LogP contribution in [0.25, 0.3) is 5.69 Å². The van der Waals surface area contributed by atoms with Gasteiger partial charge in [-0.2, -0.15) is 13.2 Å². The fourth-order valence-electron chi connectivity index (χ4n) is 3.08. The van der Waals surface area contributed by atoms with Crippen LogP contribution in [0.2, 0.25) is 0 Å². The highest BCUT2D eigenvalue weighted by molar-refractivity contribution is 5.94. The minimum Gasteiger partial charge on any atom is -0.481 e. The Morgan fingerprint density at radius 1 is 1.22 bits per heavy atom. The van der Waals surface area contributed by atoms with Gasteiger partial charge in [0.15, 0.2) is 11.4 Å². The van der Waals surface area contributed by atoms with Gasteiger partial charge >= 0.3 is 12.1 Å². The molecule has 0 aliphatic carbocycles. The molecule has 1 amide bonds. The van der Waals surface area contributed by atoms with Crippen LogP contribution in [0.1, 0.15) is 23.1 Å². The molecule has 1 aromatic carbocycles. The minimum atomic E-state index is -5.03. The molecule has 7 nitrogen and oxygen atoms in total. The van der Waals surface area contributed by atoms with Gasteiger partial charge in [0, 0.05) is 13.1 Å². The van der Waals surface area contributed by atoms with Gasteiger partial charge in [-0.05, 0) is 18.1 Å². The normalized spacial score (nSPS) is 20.1. The molecule has 1 N–H and O–H groups in total. The minimum absolute atomic E-state index is 0.0281. The van der Waals surface area contributed by atoms with Crippen molar-refractivity contribution in [2.75, 3.05) is 13.1 Å². The molecule has 3 rings (SSSR count). The number of rotatable bonds is 3. The molecule has 0 unspecified atom stereocenters. The lowest BCUT2D eigenvalue weighted by Gasteiger charge is -2.16. The summed E-state index contributed by atoms with van der Waals surface area (Å²) in [5.41, 5.74) is -3.01. The number of carbonyl (C=O) groups excluding carboxylic acids is 1. The first kappa shape index (κ1) is 18.8. The Hall–Kier alpha value is -2.98. The number of halogens is 4. The summed E-state index contributed by atoms with van der Waals surface area (Å²) in [6.45, 7) is 1.33. The standard InChI is InChI=1S/C16H14F4N4O3/c1-8-6-23(7-9(8)15(26)27)14(25)12-13(16(18,19)20)24(22-21-12)11-5-3-2-4-10(11)17/h2-5,8-9H,6-7H2,1H3,(H,26,27)/t8-,9-/m1/s1. The van der Waals surface area contributed by atoms with E-state index >= 15 is 0 Å². The first-order valence-corrected chi connectivity index (χ1v) is 7.91. The number of amides is 1. The SMILES string of the molecule is C[C@@H]1CN(C(=O)c2nnn(-c3ccccc3F)c2C(F)(F)F)C[C@H]1C(=O)O. The van der Waals surface area contributed by atoms with Crippen molar-refractivity contribution in [2.24, 2.45) is 11.8 Å². The van der Waals surface area contributed by atoms with Crippen LogP contribution in [0.5, 0.6) is 0 Å². The average molecular weight is 386 g/mol. The summed E-state index contributed by atoms with van der Waals surface area (Å²) < 4.78 is 55.0. The fourth-order valence-corrected chi connectivity index (χ4v) is 3.08. The van der Waals surface area contributed by atoms with Gasteiger partial charge in [0.05, 0.1) is 5.92 Å². The highest BCUT2D eigenvalue weighted by Gasteiger charge is 2.45. The van der Waals surface area contributed by atoms with Crippen molar-refractivity contribution in [1.29, 1.82) is 0 Å². The highest BCUT2D eigenvalue weighted by atomic mass is 19.4. The lowest BCUT2D eigenvalue weighted by Crippen LogP contribution is -2.32. The lowest BCUT2D eigenvalue weighted by atomic mass is 9.99. The van der Waals surface area contributed by atoms with Crippen LogP contribution in [-0.4, -0.2) is 50.0 Å². The summed E-state index contributed by atoms with van der Waals surface area (Å²) in [4.78, 5) is 24.8. The molecule has 144 valence electrons. The predicted octanol–water partition coefficient (Wildman–Crippen LogP) is 2.22. The summed E-state index contributed by atoms with van der Waals surface area (Å²) >= 11 is 0. The van der Waals surface area contributed by atoms with Crippen LogP contribution in [0.15, 0.2) is 24.3 Å². The number of hydrogen-bond donors (Lipinski definition) is 1. The molecule has 1 fully saturated rings. The first-order valence-electron chi connectivity index (χ1n) is 7.91. The van der Waals surface area contributed by atoms with Crippen molar-refractivity contribution >= 4 is 11.9 Å². The number of nitrogens with zero attached hydrogens (tertiary/aromatic N) is 4. The molecule has 0 saturated carbocycles. The van der Waals surface area contributed by atoms with Gasteiger partial charge < -0.3 is 10.0 Å². The number of aliphatic carboxylic acids is 1. The second-order valence-corrected chi connectivity index (χ2v) is 6.28. The summed E-state index contributed by atoms with van der Waals surface area (Å²) in [5.74, 6) is -4.51. The van der Waals surface area contributed by atoms with E-state index in [2.05, 4.69) is 10.3 Å². The van der Waals surface area contributed by atoms with Gasteiger partial charge in [0.2, 0.25) is 0 Å². The van der Waals surface area contributed by atoms with E-state index in [1.54, 1.807) is 6.92 Å². The van der Waals surface area contributed by atoms with Gasteiger partial charge in [0.25, 0.3) is 5.91 Å². The lowest BCUT2D eigenvalue weighted by molar-refractivity contribution is -0.144. The largest absolute Gasteiger partial charge is 0.481 e. The predicted molar refractivity (Wildman–Crippen MR) is 82.5 cm³/mol. The Morgan fingerprint density at radius 2 is 1.89 bits per heavy atom. The molecular weight excluding hydrogens is 372 g/mol. The Kier molecular flexibility index (Phi) is 4.62. The summed E-state index contributed by atoms with van der Waals surface area (Å²) in [5, 5.41) is 15.8. The van der Waals surface area contributed by atoms with Crippen molar-refractivity contribution in [3.8, 4) is 5.69 Å². The number of hydrogen-bond acceptors (Lipinski definition) is 4. The number of carboxylic acid groups (broad SMARTS) is 1. The van der Waals surface area contributed by atoms with E-state index in [4.69, 9.17) is 5.11 Å². The van der Waals surface area contributed by atoms with Crippen LogP contribution in [-0.2, 0) is 11.0 Å². The molecule has 0 spiro atoms. The monoisotopic (exact) mass is 386 g/mol. The maximum atomic E-state index is 13.9. The number of carboxylic acids is 1. The molecule has 1 aliphatic rings. The molecule has 0 radical (unpaired) electrons. The van der Waals surface area contributed by atoms with E-state index in [0.29, 0.717) is 0 Å². The molecule has 0 bridgehead atoms. The zero-order valence-corrected chi connectivity index (χ0v) is 13.9. The van der Waals surface area contributed by atoms with Crippen molar-refractivity contribution in [1.82, 2.24) is 19.9 Å². The maximum Gasteiger partial charge on any atom is 0.435 e. The molecule has 2 aromatic rings. The van der Waals surface area contributed by atoms with Crippen molar-refractivity contribution < 1.29 is 32.3 Å². The quantitative estimate of drug-likeness (QED) is 0.818. The van der Waals surface area contributed by atoms with Gasteiger partial charge in [-0.1, -0.05) is 24.3 Å². The zero-order valence-electron chi connectivity index (χ0n) is 13.9. The molecule has 1 aliphatic heterocycles. The van der Waals surface area contributed by atoms with E-state index in [1.165, 1.54) is 12.1 Å². The number of carbonyl (C=O) groups is 2. The fraction of sp³-hybridized carbons (Fsp3) is 0.375. The third kappa shape index (κ3) is 3.36. The molecule has 1 aromatic heterocycles. The van der Waals surface area contributed by atoms with Crippen LogP contribution in [0.4, 0.5) is 17.6 Å². The number of benzene rings is 1. The van der Waals surface area contributed by atoms with Crippen LogP contribution >= 0.6 is 0 Å². The van der Waals surface area contributed by atoms with Gasteiger partial charge in [-0.25, -0.2) is 9.07 Å². The Balaban J connectivity index is 2.03. The highest BCUT2D eigenvalue weighted by Crippen LogP contribution is 2.34. The van der Waals surface area contributed by atoms with Crippen molar-refractivity contribution in [3.05, 3.63) is 41.5 Å². The molecule has 1 saturated heterocycles. The molecule has 2 heterocycles. The number of para-hydroxylation sites is 1. The van der Waals surface area contributed by atoms with Gasteiger partial charge in [-0.15, -0.1) is 5.10 Å². The van der Waals surface area contributed by atoms with Gasteiger partial charge in [-0.3, -0.25) is 9.59 Å². The Bertz CT molecular complexity index is 896. The zero-order chi connectivity index (χ0) is 19.9. The molecule has 11 heteroatoms. The molecular formula is C16H14F4N4O3. The molecule has 2 atom stereocenters. The van der Waals surface area contributed by atoms with E-state index in [0.717, 1.165) is 17.0 Å². The van der Waals surface area contributed by atoms with E-state index in [1.807, 2.05) is 0 Å². The summed E-state index contributed by atoms with van der Waals surface area (Å²) in [7, 11) is 0. The number of aromatic nitrogens is 3. The van der Waals surface area contributed by atoms with Crippen LogP contribution < -0.4 is 0 Å². The molecule has 27 heavy (non-hydrogen) atoms. The second-order valence-electron chi connectivity index (χ2n) is 6.28. The van der Waals surface area contributed by atoms with Crippen LogP contribution in [0, 0.1) is 17.7 Å². The average Bonchev–Trinajstić information content (AvgIpc) is 3.18. The Labute approximate surface area is 150 Å². The number of alkyl halides is 3. The smallest absolute Gasteiger partial charge is 0.435 e. The summed E-state index contributed by atoms with van der Waals surface area (Å²) in [6, 6.07) is 4.65. The third-order valence-electron chi connectivity index (χ3n) is 4.44. The van der Waals surface area contributed by atoms with Crippen LogP contribution in [0.3, 0.4) is 0 Å². The first-order chi connectivity index (χ1) is 12.6. The van der Waals surface area contributed by atoms with Gasteiger partial charge in [0.1, 0.15) is 11.5 Å². The Morgan fingerprint density at radius 3 is 2.44 bits per heavy atom. The maximum absolute atomic E-state index is 13.9. The third-order valence-corrected chi connectivity index (χ3v) is 4.44. The topological polar surface area (TPSA) is 88.3 Å². The van der Waals surface area contributed by atoms with Crippen molar-refractivity contribution in [3.63, 3.8) is 0 Å².